The van der Waals surface area contributed by atoms with Crippen LogP contribution in [-0.2, 0) is 63.3 Å². The molecule has 0 heterocycles. The lowest BCUT2D eigenvalue weighted by molar-refractivity contribution is -0.145. The molecule has 0 bridgehead atoms. The summed E-state index contributed by atoms with van der Waals surface area (Å²) < 4.78 is 66.0. The molecule has 0 aromatic heterocycles. The Labute approximate surface area is 345 Å². The van der Waals surface area contributed by atoms with Gasteiger partial charge in [-0.3, -0.25) is 4.79 Å². The first-order valence-corrected chi connectivity index (χ1v) is 21.9. The van der Waals surface area contributed by atoms with Gasteiger partial charge in [0.25, 0.3) is 0 Å². The van der Waals surface area contributed by atoms with Crippen LogP contribution in [0.1, 0.15) is 96.5 Å². The lowest BCUT2D eigenvalue weighted by atomic mass is 10.0. The van der Waals surface area contributed by atoms with Gasteiger partial charge in [-0.1, -0.05) is 83.8 Å². The Hall–Kier alpha value is -1.91. The van der Waals surface area contributed by atoms with E-state index in [0.29, 0.717) is 145 Å². The zero-order valence-electron chi connectivity index (χ0n) is 35.9. The number of carbonyl (C=O) groups is 1. The van der Waals surface area contributed by atoms with Crippen molar-refractivity contribution in [2.75, 3.05) is 145 Å². The molecule has 334 valence electrons. The van der Waals surface area contributed by atoms with Crippen molar-refractivity contribution in [1.82, 2.24) is 0 Å². The van der Waals surface area contributed by atoms with Crippen LogP contribution in [0.5, 0.6) is 5.75 Å². The summed E-state index contributed by atoms with van der Waals surface area (Å²) in [5, 5.41) is 0. The maximum atomic E-state index is 11.6. The van der Waals surface area contributed by atoms with E-state index in [0.717, 1.165) is 25.0 Å². The number of carbonyl (C=O) groups excluding carboxylic acids is 1. The molecule has 0 saturated heterocycles. The van der Waals surface area contributed by atoms with Gasteiger partial charge in [0.2, 0.25) is 0 Å². The third kappa shape index (κ3) is 40.6. The molecule has 0 aliphatic heterocycles. The third-order valence-corrected chi connectivity index (χ3v) is 8.56. The molecule has 0 fully saturated rings. The molecule has 1 aromatic rings. The van der Waals surface area contributed by atoms with Gasteiger partial charge in [0, 0.05) is 6.42 Å². The molecule has 0 aliphatic rings. The Kier molecular flexibility index (Phi) is 42.1. The molecule has 0 N–H and O–H groups in total. The van der Waals surface area contributed by atoms with E-state index < -0.39 is 0 Å². The second-order valence-electron chi connectivity index (χ2n) is 13.5. The number of hydrogen-bond donors (Lipinski definition) is 0. The molecule has 0 spiro atoms. The Morgan fingerprint density at radius 1 is 0.368 bits per heavy atom. The van der Waals surface area contributed by atoms with Crippen LogP contribution >= 0.6 is 0 Å². The molecule has 1 aromatic carbocycles. The van der Waals surface area contributed by atoms with Crippen LogP contribution in [0.2, 0.25) is 0 Å². The van der Waals surface area contributed by atoms with Crippen LogP contribution < -0.4 is 4.74 Å². The van der Waals surface area contributed by atoms with Crippen molar-refractivity contribution >= 4 is 5.97 Å². The molecule has 57 heavy (non-hydrogen) atoms. The van der Waals surface area contributed by atoms with E-state index in [-0.39, 0.29) is 12.6 Å². The summed E-state index contributed by atoms with van der Waals surface area (Å²) in [6.07, 6.45) is 15.1. The lowest BCUT2D eigenvalue weighted by Crippen LogP contribution is -2.15. The van der Waals surface area contributed by atoms with Gasteiger partial charge < -0.3 is 56.8 Å². The van der Waals surface area contributed by atoms with Crippen LogP contribution in [0.15, 0.2) is 24.3 Å². The maximum Gasteiger partial charge on any atom is 0.305 e. The fourth-order valence-electron chi connectivity index (χ4n) is 5.32. The van der Waals surface area contributed by atoms with E-state index in [4.69, 9.17) is 56.8 Å². The molecule has 1 rings (SSSR count). The number of benzene rings is 1. The van der Waals surface area contributed by atoms with Crippen molar-refractivity contribution in [3.8, 4) is 5.75 Å². The fraction of sp³-hybridized carbons (Fsp3) is 0.841. The van der Waals surface area contributed by atoms with E-state index in [1.54, 1.807) is 0 Å². The summed E-state index contributed by atoms with van der Waals surface area (Å²) in [6, 6.07) is 8.43. The largest absolute Gasteiger partial charge is 0.491 e. The third-order valence-electron chi connectivity index (χ3n) is 8.56. The Morgan fingerprint density at radius 3 is 1.07 bits per heavy atom. The van der Waals surface area contributed by atoms with Gasteiger partial charge in [-0.25, -0.2) is 0 Å². The molecule has 0 aliphatic carbocycles. The van der Waals surface area contributed by atoms with E-state index >= 15 is 0 Å². The molecular formula is C44H80O13. The van der Waals surface area contributed by atoms with Crippen molar-refractivity contribution in [2.45, 2.75) is 97.3 Å². The quantitative estimate of drug-likeness (QED) is 0.0494. The van der Waals surface area contributed by atoms with Crippen LogP contribution in [0.4, 0.5) is 0 Å². The zero-order chi connectivity index (χ0) is 40.8. The molecular weight excluding hydrogens is 736 g/mol. The van der Waals surface area contributed by atoms with E-state index in [9.17, 15) is 4.79 Å². The second kappa shape index (κ2) is 45.2. The average Bonchev–Trinajstić information content (AvgIpc) is 3.22. The zero-order valence-corrected chi connectivity index (χ0v) is 35.9. The summed E-state index contributed by atoms with van der Waals surface area (Å²) in [6.45, 7) is 15.1. The molecule has 0 atom stereocenters. The summed E-state index contributed by atoms with van der Waals surface area (Å²) >= 11 is 0. The first-order valence-electron chi connectivity index (χ1n) is 21.9. The summed E-state index contributed by atoms with van der Waals surface area (Å²) in [7, 11) is 0. The van der Waals surface area contributed by atoms with Crippen LogP contribution in [0, 0.1) is 0 Å². The van der Waals surface area contributed by atoms with Gasteiger partial charge >= 0.3 is 5.97 Å². The minimum atomic E-state index is -0.147. The van der Waals surface area contributed by atoms with Crippen molar-refractivity contribution in [2.24, 2.45) is 0 Å². The topological polar surface area (TPSA) is 128 Å². The minimum Gasteiger partial charge on any atom is -0.491 e. The van der Waals surface area contributed by atoms with Crippen LogP contribution in [0.3, 0.4) is 0 Å². The Morgan fingerprint density at radius 2 is 0.684 bits per heavy atom. The predicted octanol–water partition coefficient (Wildman–Crippen LogP) is 7.04. The summed E-state index contributed by atoms with van der Waals surface area (Å²) in [4.78, 5) is 11.6. The van der Waals surface area contributed by atoms with Crippen LogP contribution in [0.25, 0.3) is 0 Å². The first kappa shape index (κ1) is 53.1. The van der Waals surface area contributed by atoms with Crippen LogP contribution in [-0.4, -0.2) is 151 Å². The SMILES string of the molecule is CCCCCCCCc1ccc(OCCOCCOCCOCCOCCOCCOCCOCCOCCOCCOCCOC(=O)CCCCCCC)cc1. The maximum absolute atomic E-state index is 11.6. The molecule has 0 saturated carbocycles. The summed E-state index contributed by atoms with van der Waals surface area (Å²) in [5.41, 5.74) is 1.38. The highest BCUT2D eigenvalue weighted by Gasteiger charge is 2.03. The van der Waals surface area contributed by atoms with Crippen molar-refractivity contribution in [3.05, 3.63) is 29.8 Å². The number of esters is 1. The van der Waals surface area contributed by atoms with Gasteiger partial charge in [0.15, 0.2) is 0 Å². The number of rotatable bonds is 47. The van der Waals surface area contributed by atoms with E-state index in [1.165, 1.54) is 63.4 Å². The lowest BCUT2D eigenvalue weighted by Gasteiger charge is -2.09. The monoisotopic (exact) mass is 817 g/mol. The molecule has 0 radical (unpaired) electrons. The number of aryl methyl sites for hydroxylation is 1. The van der Waals surface area contributed by atoms with Crippen molar-refractivity contribution in [3.63, 3.8) is 0 Å². The number of unbranched alkanes of at least 4 members (excludes halogenated alkanes) is 9. The van der Waals surface area contributed by atoms with Gasteiger partial charge in [-0.05, 0) is 37.0 Å². The van der Waals surface area contributed by atoms with Gasteiger partial charge in [0.05, 0.1) is 132 Å². The highest BCUT2D eigenvalue weighted by Crippen LogP contribution is 2.15. The van der Waals surface area contributed by atoms with Gasteiger partial charge in [-0.15, -0.1) is 0 Å². The van der Waals surface area contributed by atoms with E-state index in [2.05, 4.69) is 26.0 Å². The highest BCUT2D eigenvalue weighted by molar-refractivity contribution is 5.69. The predicted molar refractivity (Wildman–Crippen MR) is 222 cm³/mol. The van der Waals surface area contributed by atoms with Crippen molar-refractivity contribution < 1.29 is 61.6 Å². The Bertz CT molecular complexity index is 937. The normalized spacial score (nSPS) is 11.4. The molecule has 13 nitrogen and oxygen atoms in total. The Balaban J connectivity index is 1.67. The number of ether oxygens (including phenoxy) is 12. The van der Waals surface area contributed by atoms with E-state index in [1.807, 2.05) is 12.1 Å². The van der Waals surface area contributed by atoms with Gasteiger partial charge in [-0.2, -0.15) is 0 Å². The van der Waals surface area contributed by atoms with Gasteiger partial charge in [0.1, 0.15) is 19.0 Å². The molecule has 0 unspecified atom stereocenters. The first-order chi connectivity index (χ1) is 28.3. The fourth-order valence-corrected chi connectivity index (χ4v) is 5.32. The molecule has 13 heteroatoms. The average molecular weight is 817 g/mol. The smallest absolute Gasteiger partial charge is 0.305 e. The standard InChI is InChI=1S/C44H80O13/c1-3-5-7-9-11-12-14-42-16-18-43(19-17-42)56-40-38-54-36-34-52-32-30-50-28-26-48-24-22-46-20-21-47-23-25-49-27-29-51-31-33-53-35-37-55-39-41-57-44(45)15-13-10-8-6-4-2/h16-19H,3-15,20-41H2,1-2H3. The number of hydrogen-bond acceptors (Lipinski definition) is 13. The minimum absolute atomic E-state index is 0.147. The molecule has 0 amide bonds. The highest BCUT2D eigenvalue weighted by atomic mass is 16.6. The van der Waals surface area contributed by atoms with Crippen molar-refractivity contribution in [1.29, 1.82) is 0 Å². The second-order valence-corrected chi connectivity index (χ2v) is 13.5. The summed E-state index contributed by atoms with van der Waals surface area (Å²) in [5.74, 6) is 0.736.